The SMILES string of the molecule is COCC(c1ccc2oc([C@@H](N)C3CCC(F)(F)CC3)nc2c1)n1cc(C)[nH]c1=O. The number of halogens is 2. The Hall–Kier alpha value is -2.52. The van der Waals surface area contributed by atoms with E-state index in [2.05, 4.69) is 9.97 Å². The molecule has 2 aromatic heterocycles. The molecule has 0 radical (unpaired) electrons. The van der Waals surface area contributed by atoms with Gasteiger partial charge < -0.3 is 19.9 Å². The molecule has 30 heavy (non-hydrogen) atoms. The van der Waals surface area contributed by atoms with Crippen molar-refractivity contribution in [2.75, 3.05) is 13.7 Å². The molecule has 162 valence electrons. The number of nitrogens with two attached hydrogens (primary N) is 1. The van der Waals surface area contributed by atoms with E-state index < -0.39 is 12.0 Å². The lowest BCUT2D eigenvalue weighted by Gasteiger charge is -2.30. The van der Waals surface area contributed by atoms with Gasteiger partial charge in [-0.15, -0.1) is 0 Å². The van der Waals surface area contributed by atoms with Crippen molar-refractivity contribution in [3.05, 3.63) is 52.0 Å². The van der Waals surface area contributed by atoms with Gasteiger partial charge >= 0.3 is 5.69 Å². The number of fused-ring (bicyclic) bond motifs is 1. The van der Waals surface area contributed by atoms with Crippen molar-refractivity contribution in [1.82, 2.24) is 14.5 Å². The van der Waals surface area contributed by atoms with E-state index in [1.54, 1.807) is 23.9 Å². The van der Waals surface area contributed by atoms with Gasteiger partial charge in [0.15, 0.2) is 5.58 Å². The van der Waals surface area contributed by atoms with Gasteiger partial charge in [0.25, 0.3) is 0 Å². The number of H-pyrrole nitrogens is 1. The fourth-order valence-electron chi connectivity index (χ4n) is 4.19. The fraction of sp³-hybridized carbons (Fsp3) is 0.524. The zero-order valence-corrected chi connectivity index (χ0v) is 17.0. The van der Waals surface area contributed by atoms with E-state index in [1.807, 2.05) is 19.1 Å². The van der Waals surface area contributed by atoms with Crippen LogP contribution in [0.15, 0.2) is 33.6 Å². The number of ether oxygens (including phenoxy) is 1. The Morgan fingerprint density at radius 2 is 2.13 bits per heavy atom. The number of methoxy groups -OCH3 is 1. The smallest absolute Gasteiger partial charge is 0.326 e. The largest absolute Gasteiger partial charge is 0.439 e. The first-order valence-electron chi connectivity index (χ1n) is 10.1. The van der Waals surface area contributed by atoms with Crippen LogP contribution in [-0.4, -0.2) is 34.2 Å². The van der Waals surface area contributed by atoms with Crippen LogP contribution in [0, 0.1) is 12.8 Å². The molecule has 0 saturated heterocycles. The van der Waals surface area contributed by atoms with Crippen LogP contribution in [0.1, 0.15) is 54.9 Å². The van der Waals surface area contributed by atoms with Gasteiger partial charge in [-0.2, -0.15) is 0 Å². The second-order valence-electron chi connectivity index (χ2n) is 8.12. The standard InChI is InChI=1S/C21H26F2N4O3/c1-12-10-27(20(28)25-12)16(11-29-2)14-3-4-17-15(9-14)26-19(30-17)18(24)13-5-7-21(22,23)8-6-13/h3-4,9-10,13,16,18H,5-8,11,24H2,1-2H3,(H,25,28)/t16?,18-/m0/s1. The van der Waals surface area contributed by atoms with Crippen LogP contribution in [0.4, 0.5) is 8.78 Å². The van der Waals surface area contributed by atoms with Gasteiger partial charge in [0, 0.05) is 31.8 Å². The zero-order valence-electron chi connectivity index (χ0n) is 17.0. The molecule has 1 aliphatic rings. The molecule has 1 aliphatic carbocycles. The van der Waals surface area contributed by atoms with E-state index in [0.717, 1.165) is 11.3 Å². The van der Waals surface area contributed by atoms with Gasteiger partial charge in [0.2, 0.25) is 11.8 Å². The Labute approximate surface area is 172 Å². The van der Waals surface area contributed by atoms with Crippen molar-refractivity contribution < 1.29 is 17.9 Å². The lowest BCUT2D eigenvalue weighted by Crippen LogP contribution is -2.31. The van der Waals surface area contributed by atoms with Crippen LogP contribution in [0.25, 0.3) is 11.1 Å². The Kier molecular flexibility index (Phi) is 5.50. The van der Waals surface area contributed by atoms with Crippen LogP contribution in [-0.2, 0) is 4.74 Å². The lowest BCUT2D eigenvalue weighted by atomic mass is 9.82. The Morgan fingerprint density at radius 3 is 2.77 bits per heavy atom. The van der Waals surface area contributed by atoms with Gasteiger partial charge in [0.1, 0.15) is 5.52 Å². The maximum absolute atomic E-state index is 13.4. The minimum absolute atomic E-state index is 0.0835. The van der Waals surface area contributed by atoms with Crippen LogP contribution < -0.4 is 11.4 Å². The molecular weight excluding hydrogens is 394 g/mol. The molecule has 7 nitrogen and oxygen atoms in total. The quantitative estimate of drug-likeness (QED) is 0.634. The Balaban J connectivity index is 1.61. The second kappa shape index (κ2) is 7.96. The van der Waals surface area contributed by atoms with E-state index >= 15 is 0 Å². The number of benzene rings is 1. The summed E-state index contributed by atoms with van der Waals surface area (Å²) >= 11 is 0. The van der Waals surface area contributed by atoms with Crippen molar-refractivity contribution in [2.45, 2.75) is 50.6 Å². The molecule has 1 aromatic carbocycles. The summed E-state index contributed by atoms with van der Waals surface area (Å²) in [6.07, 6.45) is 2.14. The highest BCUT2D eigenvalue weighted by molar-refractivity contribution is 5.73. The number of imidazole rings is 1. The zero-order chi connectivity index (χ0) is 21.5. The van der Waals surface area contributed by atoms with E-state index in [-0.39, 0.29) is 30.5 Å². The molecule has 3 aromatic rings. The number of aromatic nitrogens is 3. The molecule has 1 saturated carbocycles. The van der Waals surface area contributed by atoms with Crippen LogP contribution in [0.5, 0.6) is 0 Å². The monoisotopic (exact) mass is 420 g/mol. The summed E-state index contributed by atoms with van der Waals surface area (Å²) in [4.78, 5) is 19.6. The number of oxazole rings is 1. The van der Waals surface area contributed by atoms with Crippen LogP contribution >= 0.6 is 0 Å². The van der Waals surface area contributed by atoms with E-state index in [1.165, 1.54) is 0 Å². The average Bonchev–Trinajstić information content (AvgIpc) is 3.27. The van der Waals surface area contributed by atoms with Gasteiger partial charge in [-0.05, 0) is 43.4 Å². The molecule has 9 heteroatoms. The lowest BCUT2D eigenvalue weighted by molar-refractivity contribution is -0.0491. The topological polar surface area (TPSA) is 99.1 Å². The number of alkyl halides is 2. The molecule has 0 spiro atoms. The second-order valence-corrected chi connectivity index (χ2v) is 8.12. The Morgan fingerprint density at radius 1 is 1.40 bits per heavy atom. The summed E-state index contributed by atoms with van der Waals surface area (Å²) < 4.78 is 39.7. The van der Waals surface area contributed by atoms with Gasteiger partial charge in [-0.3, -0.25) is 4.57 Å². The molecule has 4 rings (SSSR count). The summed E-state index contributed by atoms with van der Waals surface area (Å²) in [5, 5.41) is 0. The summed E-state index contributed by atoms with van der Waals surface area (Å²) in [7, 11) is 1.58. The summed E-state index contributed by atoms with van der Waals surface area (Å²) in [5.74, 6) is -2.33. The number of rotatable bonds is 6. The minimum atomic E-state index is -2.60. The third kappa shape index (κ3) is 4.04. The molecule has 3 N–H and O–H groups in total. The fourth-order valence-corrected chi connectivity index (χ4v) is 4.19. The summed E-state index contributed by atoms with van der Waals surface area (Å²) in [6.45, 7) is 2.13. The van der Waals surface area contributed by atoms with Crippen LogP contribution in [0.2, 0.25) is 0 Å². The molecule has 1 fully saturated rings. The van der Waals surface area contributed by atoms with E-state index in [9.17, 15) is 13.6 Å². The third-order valence-electron chi connectivity index (χ3n) is 5.90. The van der Waals surface area contributed by atoms with Crippen molar-refractivity contribution in [2.24, 2.45) is 11.7 Å². The number of aromatic amines is 1. The maximum atomic E-state index is 13.4. The van der Waals surface area contributed by atoms with Crippen molar-refractivity contribution in [3.63, 3.8) is 0 Å². The molecule has 1 unspecified atom stereocenters. The van der Waals surface area contributed by atoms with Gasteiger partial charge in [-0.25, -0.2) is 18.6 Å². The molecule has 0 bridgehead atoms. The molecule has 0 aliphatic heterocycles. The highest BCUT2D eigenvalue weighted by Crippen LogP contribution is 2.40. The van der Waals surface area contributed by atoms with E-state index in [0.29, 0.717) is 36.4 Å². The van der Waals surface area contributed by atoms with Gasteiger partial charge in [-0.1, -0.05) is 6.07 Å². The molecule has 2 atom stereocenters. The predicted octanol–water partition coefficient (Wildman–Crippen LogP) is 3.69. The molecular formula is C21H26F2N4O3. The van der Waals surface area contributed by atoms with E-state index in [4.69, 9.17) is 14.9 Å². The minimum Gasteiger partial charge on any atom is -0.439 e. The summed E-state index contributed by atoms with van der Waals surface area (Å²) in [6, 6.07) is 4.65. The normalized spacial score (nSPS) is 19.2. The van der Waals surface area contributed by atoms with Gasteiger partial charge in [0.05, 0.1) is 18.7 Å². The predicted molar refractivity (Wildman–Crippen MR) is 108 cm³/mol. The highest BCUT2D eigenvalue weighted by Gasteiger charge is 2.38. The number of hydrogen-bond donors (Lipinski definition) is 2. The number of hydrogen-bond acceptors (Lipinski definition) is 5. The first kappa shape index (κ1) is 20.7. The number of nitrogens with one attached hydrogen (secondary N) is 1. The van der Waals surface area contributed by atoms with Crippen molar-refractivity contribution in [3.8, 4) is 0 Å². The third-order valence-corrected chi connectivity index (χ3v) is 5.90. The first-order chi connectivity index (χ1) is 14.3. The number of aryl methyl sites for hydroxylation is 1. The highest BCUT2D eigenvalue weighted by atomic mass is 19.3. The van der Waals surface area contributed by atoms with Crippen LogP contribution in [0.3, 0.4) is 0 Å². The number of nitrogens with zero attached hydrogens (tertiary/aromatic N) is 2. The summed E-state index contributed by atoms with van der Waals surface area (Å²) in [5.41, 5.74) is 8.88. The molecule has 0 amide bonds. The van der Waals surface area contributed by atoms with Crippen molar-refractivity contribution in [1.29, 1.82) is 0 Å². The molecule has 2 heterocycles. The maximum Gasteiger partial charge on any atom is 0.326 e. The Bertz CT molecular complexity index is 1080. The first-order valence-corrected chi connectivity index (χ1v) is 10.1. The van der Waals surface area contributed by atoms with Crippen molar-refractivity contribution >= 4 is 11.1 Å². The average molecular weight is 420 g/mol.